The van der Waals surface area contributed by atoms with Crippen molar-refractivity contribution in [2.45, 2.75) is 38.6 Å². The van der Waals surface area contributed by atoms with Crippen LogP contribution < -0.4 is 5.32 Å². The molecule has 0 aromatic heterocycles. The van der Waals surface area contributed by atoms with Gasteiger partial charge in [0.25, 0.3) is 0 Å². The van der Waals surface area contributed by atoms with Gasteiger partial charge in [-0.15, -0.1) is 0 Å². The lowest BCUT2D eigenvalue weighted by Crippen LogP contribution is -2.35. The van der Waals surface area contributed by atoms with E-state index in [1.807, 2.05) is 12.1 Å². The largest absolute Gasteiger partial charge is 0.478 e. The van der Waals surface area contributed by atoms with Crippen molar-refractivity contribution in [2.24, 2.45) is 5.92 Å². The second kappa shape index (κ2) is 11.0. The first-order chi connectivity index (χ1) is 13.7. The SMILES string of the molecule is O=C(O)c1ccc(CNCCCCN2CCC(Cc3ccccc3)CC2)cc1. The number of nitrogens with one attached hydrogen (secondary N) is 1. The highest BCUT2D eigenvalue weighted by molar-refractivity contribution is 5.87. The Morgan fingerprint density at radius 3 is 2.36 bits per heavy atom. The van der Waals surface area contributed by atoms with Crippen molar-refractivity contribution in [1.82, 2.24) is 10.2 Å². The lowest BCUT2D eigenvalue weighted by Gasteiger charge is -2.32. The summed E-state index contributed by atoms with van der Waals surface area (Å²) >= 11 is 0. The summed E-state index contributed by atoms with van der Waals surface area (Å²) in [7, 11) is 0. The maximum Gasteiger partial charge on any atom is 0.335 e. The molecule has 1 heterocycles. The van der Waals surface area contributed by atoms with Crippen molar-refractivity contribution in [3.63, 3.8) is 0 Å². The second-order valence-corrected chi connectivity index (χ2v) is 7.86. The number of unbranched alkanes of at least 4 members (excludes halogenated alkanes) is 1. The maximum atomic E-state index is 10.9. The van der Waals surface area contributed by atoms with E-state index in [2.05, 4.69) is 40.5 Å². The van der Waals surface area contributed by atoms with E-state index in [-0.39, 0.29) is 0 Å². The number of likely N-dealkylation sites (tertiary alicyclic amines) is 1. The van der Waals surface area contributed by atoms with Crippen molar-refractivity contribution in [3.8, 4) is 0 Å². The zero-order valence-electron chi connectivity index (χ0n) is 16.6. The van der Waals surface area contributed by atoms with Gasteiger partial charge >= 0.3 is 5.97 Å². The predicted octanol–water partition coefficient (Wildman–Crippen LogP) is 4.21. The van der Waals surface area contributed by atoms with E-state index in [1.165, 1.54) is 57.3 Å². The van der Waals surface area contributed by atoms with E-state index in [9.17, 15) is 4.79 Å². The van der Waals surface area contributed by atoms with Crippen LogP contribution >= 0.6 is 0 Å². The Bertz CT molecular complexity index is 707. The summed E-state index contributed by atoms with van der Waals surface area (Å²) in [5, 5.41) is 12.4. The third-order valence-electron chi connectivity index (χ3n) is 5.68. The van der Waals surface area contributed by atoms with Gasteiger partial charge in [-0.2, -0.15) is 0 Å². The van der Waals surface area contributed by atoms with Crippen LogP contribution in [-0.2, 0) is 13.0 Å². The van der Waals surface area contributed by atoms with E-state index in [1.54, 1.807) is 12.1 Å². The molecule has 1 saturated heterocycles. The van der Waals surface area contributed by atoms with Gasteiger partial charge in [0.2, 0.25) is 0 Å². The van der Waals surface area contributed by atoms with Gasteiger partial charge in [-0.3, -0.25) is 0 Å². The van der Waals surface area contributed by atoms with E-state index in [4.69, 9.17) is 5.11 Å². The van der Waals surface area contributed by atoms with Crippen LogP contribution in [0.15, 0.2) is 54.6 Å². The number of hydrogen-bond acceptors (Lipinski definition) is 3. The number of carbonyl (C=O) groups is 1. The fraction of sp³-hybridized carbons (Fsp3) is 0.458. The van der Waals surface area contributed by atoms with Crippen LogP contribution in [0, 0.1) is 5.92 Å². The van der Waals surface area contributed by atoms with Gasteiger partial charge in [0.1, 0.15) is 0 Å². The summed E-state index contributed by atoms with van der Waals surface area (Å²) in [6, 6.07) is 18.0. The molecule has 1 aliphatic heterocycles. The fourth-order valence-corrected chi connectivity index (χ4v) is 3.94. The minimum atomic E-state index is -0.872. The van der Waals surface area contributed by atoms with Gasteiger partial charge in [-0.05, 0) is 87.5 Å². The topological polar surface area (TPSA) is 52.6 Å². The summed E-state index contributed by atoms with van der Waals surface area (Å²) in [6.07, 6.45) is 6.27. The molecule has 0 saturated carbocycles. The zero-order chi connectivity index (χ0) is 19.6. The minimum Gasteiger partial charge on any atom is -0.478 e. The van der Waals surface area contributed by atoms with Crippen LogP contribution in [0.1, 0.15) is 47.2 Å². The van der Waals surface area contributed by atoms with Crippen molar-refractivity contribution in [3.05, 3.63) is 71.3 Å². The molecular formula is C24H32N2O2. The lowest BCUT2D eigenvalue weighted by molar-refractivity contribution is 0.0697. The molecule has 0 unspecified atom stereocenters. The molecule has 2 N–H and O–H groups in total. The van der Waals surface area contributed by atoms with Crippen LogP contribution in [0.5, 0.6) is 0 Å². The van der Waals surface area contributed by atoms with Crippen LogP contribution in [0.2, 0.25) is 0 Å². The lowest BCUT2D eigenvalue weighted by atomic mass is 9.90. The average molecular weight is 381 g/mol. The predicted molar refractivity (Wildman–Crippen MR) is 114 cm³/mol. The second-order valence-electron chi connectivity index (χ2n) is 7.86. The highest BCUT2D eigenvalue weighted by atomic mass is 16.4. The van der Waals surface area contributed by atoms with Crippen molar-refractivity contribution < 1.29 is 9.90 Å². The van der Waals surface area contributed by atoms with Gasteiger partial charge in [-0.25, -0.2) is 4.79 Å². The number of hydrogen-bond donors (Lipinski definition) is 2. The van der Waals surface area contributed by atoms with Crippen LogP contribution in [0.25, 0.3) is 0 Å². The molecule has 4 heteroatoms. The fourth-order valence-electron chi connectivity index (χ4n) is 3.94. The third-order valence-corrected chi connectivity index (χ3v) is 5.68. The minimum absolute atomic E-state index is 0.344. The van der Waals surface area contributed by atoms with Crippen molar-refractivity contribution in [2.75, 3.05) is 26.2 Å². The Morgan fingerprint density at radius 2 is 1.68 bits per heavy atom. The molecule has 0 bridgehead atoms. The molecule has 4 nitrogen and oxygen atoms in total. The number of carboxylic acid groups (broad SMARTS) is 1. The van der Waals surface area contributed by atoms with E-state index >= 15 is 0 Å². The average Bonchev–Trinajstić information content (AvgIpc) is 2.73. The van der Waals surface area contributed by atoms with Crippen molar-refractivity contribution in [1.29, 1.82) is 0 Å². The van der Waals surface area contributed by atoms with Crippen molar-refractivity contribution >= 4 is 5.97 Å². The van der Waals surface area contributed by atoms with E-state index in [0.29, 0.717) is 5.56 Å². The Hall–Kier alpha value is -2.17. The molecular weight excluding hydrogens is 348 g/mol. The molecule has 0 atom stereocenters. The van der Waals surface area contributed by atoms with E-state index in [0.717, 1.165) is 24.6 Å². The smallest absolute Gasteiger partial charge is 0.335 e. The molecule has 0 radical (unpaired) electrons. The Kier molecular flexibility index (Phi) is 8.07. The van der Waals surface area contributed by atoms with Gasteiger partial charge in [0.15, 0.2) is 0 Å². The number of benzene rings is 2. The summed E-state index contributed by atoms with van der Waals surface area (Å²) in [6.45, 7) is 5.48. The summed E-state index contributed by atoms with van der Waals surface area (Å²) in [5.74, 6) is -0.0311. The van der Waals surface area contributed by atoms with E-state index < -0.39 is 5.97 Å². The van der Waals surface area contributed by atoms with Crippen LogP contribution in [-0.4, -0.2) is 42.2 Å². The molecule has 28 heavy (non-hydrogen) atoms. The number of rotatable bonds is 10. The normalized spacial score (nSPS) is 15.6. The summed E-state index contributed by atoms with van der Waals surface area (Å²) in [4.78, 5) is 13.5. The zero-order valence-corrected chi connectivity index (χ0v) is 16.6. The number of aromatic carboxylic acids is 1. The molecule has 0 aliphatic carbocycles. The quantitative estimate of drug-likeness (QED) is 0.606. The molecule has 0 amide bonds. The molecule has 2 aromatic carbocycles. The molecule has 2 aromatic rings. The van der Waals surface area contributed by atoms with Crippen LogP contribution in [0.4, 0.5) is 0 Å². The van der Waals surface area contributed by atoms with Gasteiger partial charge in [0, 0.05) is 6.54 Å². The highest BCUT2D eigenvalue weighted by Gasteiger charge is 2.18. The van der Waals surface area contributed by atoms with Gasteiger partial charge in [-0.1, -0.05) is 42.5 Å². The molecule has 1 fully saturated rings. The molecule has 150 valence electrons. The summed E-state index contributed by atoms with van der Waals surface area (Å²) in [5.41, 5.74) is 2.95. The monoisotopic (exact) mass is 380 g/mol. The molecule has 1 aliphatic rings. The first kappa shape index (κ1) is 20.6. The number of carboxylic acids is 1. The molecule has 0 spiro atoms. The standard InChI is InChI=1S/C24H32N2O2/c27-24(28)23-10-8-22(9-11-23)19-25-14-4-5-15-26-16-12-21(13-17-26)18-20-6-2-1-3-7-20/h1-3,6-11,21,25H,4-5,12-19H2,(H,27,28). The first-order valence-corrected chi connectivity index (χ1v) is 10.5. The van der Waals surface area contributed by atoms with Gasteiger partial charge in [0.05, 0.1) is 5.56 Å². The summed E-state index contributed by atoms with van der Waals surface area (Å²) < 4.78 is 0. The highest BCUT2D eigenvalue weighted by Crippen LogP contribution is 2.21. The Labute approximate surface area is 168 Å². The molecule has 3 rings (SSSR count). The number of nitrogens with zero attached hydrogens (tertiary/aromatic N) is 1. The van der Waals surface area contributed by atoms with Gasteiger partial charge < -0.3 is 15.3 Å². The Balaban J connectivity index is 1.23. The first-order valence-electron chi connectivity index (χ1n) is 10.5. The third kappa shape index (κ3) is 6.77. The maximum absolute atomic E-state index is 10.9. The van der Waals surface area contributed by atoms with Crippen LogP contribution in [0.3, 0.4) is 0 Å². The number of piperidine rings is 1. The Morgan fingerprint density at radius 1 is 0.964 bits per heavy atom.